The predicted molar refractivity (Wildman–Crippen MR) is 123 cm³/mol. The lowest BCUT2D eigenvalue weighted by molar-refractivity contribution is 0.677. The predicted octanol–water partition coefficient (Wildman–Crippen LogP) is 3.63. The van der Waals surface area contributed by atoms with Crippen LogP contribution in [0, 0.1) is 6.92 Å². The second-order valence-corrected chi connectivity index (χ2v) is 7.44. The molecule has 2 aromatic carbocycles. The molecule has 2 aromatic heterocycles. The van der Waals surface area contributed by atoms with Gasteiger partial charge in [0, 0.05) is 49.6 Å². The van der Waals surface area contributed by atoms with E-state index < -0.39 is 0 Å². The molecule has 154 valence electrons. The van der Waals surface area contributed by atoms with E-state index in [-0.39, 0.29) is 0 Å². The first-order chi connectivity index (χ1) is 14.7. The third kappa shape index (κ3) is 4.71. The average molecular weight is 401 g/mol. The number of nitrogens with zero attached hydrogens (tertiary/aromatic N) is 3. The fraction of sp³-hybridized carbons (Fsp3) is 0.250. The maximum Gasteiger partial charge on any atom is 0.191 e. The zero-order valence-electron chi connectivity index (χ0n) is 17.5. The Labute approximate surface area is 177 Å². The second kappa shape index (κ2) is 9.31. The molecule has 4 rings (SSSR count). The molecule has 4 aromatic rings. The standard InChI is InChI=1S/C24H28N6/c1-18-8-9-22-20(16-27-23(22)14-18)10-12-26-24(25-2)28-15-19-6-3-4-7-21(19)17-30-13-5-11-29-30/h3-9,11,13-14,16,27H,10,12,15,17H2,1-2H3,(H2,25,26,28). The molecule has 30 heavy (non-hydrogen) atoms. The molecule has 0 aliphatic carbocycles. The molecular formula is C24H28N6. The summed E-state index contributed by atoms with van der Waals surface area (Å²) in [5, 5.41) is 12.5. The summed E-state index contributed by atoms with van der Waals surface area (Å²) < 4.78 is 1.94. The Bertz CT molecular complexity index is 1120. The Morgan fingerprint density at radius 3 is 2.73 bits per heavy atom. The van der Waals surface area contributed by atoms with E-state index in [0.717, 1.165) is 25.5 Å². The monoisotopic (exact) mass is 400 g/mol. The molecule has 0 amide bonds. The maximum absolute atomic E-state index is 4.37. The first kappa shape index (κ1) is 19.8. The number of guanidine groups is 1. The summed E-state index contributed by atoms with van der Waals surface area (Å²) in [7, 11) is 1.81. The van der Waals surface area contributed by atoms with Gasteiger partial charge in [-0.05, 0) is 47.7 Å². The van der Waals surface area contributed by atoms with Gasteiger partial charge in [-0.25, -0.2) is 0 Å². The van der Waals surface area contributed by atoms with Gasteiger partial charge in [0.25, 0.3) is 0 Å². The van der Waals surface area contributed by atoms with Gasteiger partial charge < -0.3 is 15.6 Å². The SMILES string of the molecule is CN=C(NCCc1c[nH]c2cc(C)ccc12)NCc1ccccc1Cn1cccn1. The van der Waals surface area contributed by atoms with E-state index in [1.165, 1.54) is 33.2 Å². The van der Waals surface area contributed by atoms with Crippen LogP contribution in [-0.4, -0.2) is 34.3 Å². The van der Waals surface area contributed by atoms with Crippen molar-refractivity contribution in [2.45, 2.75) is 26.4 Å². The molecule has 0 fully saturated rings. The highest BCUT2D eigenvalue weighted by molar-refractivity contribution is 5.84. The molecule has 0 spiro atoms. The third-order valence-corrected chi connectivity index (χ3v) is 5.29. The summed E-state index contributed by atoms with van der Waals surface area (Å²) in [6.07, 6.45) is 6.82. The molecule has 0 atom stereocenters. The lowest BCUT2D eigenvalue weighted by Crippen LogP contribution is -2.38. The van der Waals surface area contributed by atoms with Gasteiger partial charge in [0.05, 0.1) is 6.54 Å². The summed E-state index contributed by atoms with van der Waals surface area (Å²) in [4.78, 5) is 7.74. The van der Waals surface area contributed by atoms with E-state index in [4.69, 9.17) is 0 Å². The zero-order chi connectivity index (χ0) is 20.8. The second-order valence-electron chi connectivity index (χ2n) is 7.44. The number of aromatic nitrogens is 3. The van der Waals surface area contributed by atoms with Crippen LogP contribution in [0.1, 0.15) is 22.3 Å². The van der Waals surface area contributed by atoms with Crippen molar-refractivity contribution >= 4 is 16.9 Å². The quantitative estimate of drug-likeness (QED) is 0.328. The van der Waals surface area contributed by atoms with Crippen LogP contribution in [0.4, 0.5) is 0 Å². The van der Waals surface area contributed by atoms with Gasteiger partial charge in [0.2, 0.25) is 0 Å². The van der Waals surface area contributed by atoms with Crippen LogP contribution in [-0.2, 0) is 19.5 Å². The number of aliphatic imine (C=N–C) groups is 1. The Balaban J connectivity index is 1.32. The molecule has 0 aliphatic rings. The summed E-state index contributed by atoms with van der Waals surface area (Å²) in [5.74, 6) is 0.805. The van der Waals surface area contributed by atoms with Gasteiger partial charge in [-0.2, -0.15) is 5.10 Å². The van der Waals surface area contributed by atoms with Crippen molar-refractivity contribution in [3.63, 3.8) is 0 Å². The van der Waals surface area contributed by atoms with Crippen molar-refractivity contribution < 1.29 is 0 Å². The highest BCUT2D eigenvalue weighted by Gasteiger charge is 2.06. The molecule has 0 saturated carbocycles. The van der Waals surface area contributed by atoms with Crippen LogP contribution >= 0.6 is 0 Å². The molecule has 0 bridgehead atoms. The van der Waals surface area contributed by atoms with E-state index in [9.17, 15) is 0 Å². The molecule has 6 heteroatoms. The fourth-order valence-corrected chi connectivity index (χ4v) is 3.67. The molecular weight excluding hydrogens is 372 g/mol. The van der Waals surface area contributed by atoms with Gasteiger partial charge in [-0.1, -0.05) is 36.4 Å². The Kier molecular flexibility index (Phi) is 6.13. The minimum atomic E-state index is 0.712. The molecule has 2 heterocycles. The number of benzene rings is 2. The number of aryl methyl sites for hydroxylation is 1. The molecule has 6 nitrogen and oxygen atoms in total. The summed E-state index contributed by atoms with van der Waals surface area (Å²) in [6, 6.07) is 16.9. The number of nitrogens with one attached hydrogen (secondary N) is 3. The molecule has 0 unspecified atom stereocenters. The Morgan fingerprint density at radius 1 is 1.07 bits per heavy atom. The number of aromatic amines is 1. The highest BCUT2D eigenvalue weighted by Crippen LogP contribution is 2.19. The van der Waals surface area contributed by atoms with Crippen LogP contribution in [0.25, 0.3) is 10.9 Å². The minimum Gasteiger partial charge on any atom is -0.361 e. The third-order valence-electron chi connectivity index (χ3n) is 5.29. The number of H-pyrrole nitrogens is 1. The van der Waals surface area contributed by atoms with Crippen molar-refractivity contribution in [2.75, 3.05) is 13.6 Å². The first-order valence-electron chi connectivity index (χ1n) is 10.3. The average Bonchev–Trinajstić information content (AvgIpc) is 3.41. The lowest BCUT2D eigenvalue weighted by Gasteiger charge is -2.14. The maximum atomic E-state index is 4.37. The largest absolute Gasteiger partial charge is 0.361 e. The van der Waals surface area contributed by atoms with Gasteiger partial charge in [-0.15, -0.1) is 0 Å². The number of rotatable bonds is 7. The number of fused-ring (bicyclic) bond motifs is 1. The number of hydrogen-bond acceptors (Lipinski definition) is 2. The van der Waals surface area contributed by atoms with E-state index in [0.29, 0.717) is 6.54 Å². The van der Waals surface area contributed by atoms with E-state index in [1.54, 1.807) is 7.05 Å². The van der Waals surface area contributed by atoms with Gasteiger partial charge in [-0.3, -0.25) is 9.67 Å². The molecule has 0 saturated heterocycles. The van der Waals surface area contributed by atoms with Crippen LogP contribution in [0.3, 0.4) is 0 Å². The van der Waals surface area contributed by atoms with Crippen molar-refractivity contribution in [1.29, 1.82) is 0 Å². The first-order valence-corrected chi connectivity index (χ1v) is 10.3. The summed E-state index contributed by atoms with van der Waals surface area (Å²) >= 11 is 0. The van der Waals surface area contributed by atoms with E-state index in [2.05, 4.69) is 81.3 Å². The topological polar surface area (TPSA) is 70.0 Å². The normalized spacial score (nSPS) is 11.7. The van der Waals surface area contributed by atoms with Crippen molar-refractivity contribution in [2.24, 2.45) is 4.99 Å². The van der Waals surface area contributed by atoms with Crippen LogP contribution in [0.5, 0.6) is 0 Å². The number of hydrogen-bond donors (Lipinski definition) is 3. The molecule has 3 N–H and O–H groups in total. The van der Waals surface area contributed by atoms with Crippen LogP contribution in [0.15, 0.2) is 72.1 Å². The van der Waals surface area contributed by atoms with Crippen LogP contribution < -0.4 is 10.6 Å². The highest BCUT2D eigenvalue weighted by atomic mass is 15.3. The molecule has 0 radical (unpaired) electrons. The summed E-state index contributed by atoms with van der Waals surface area (Å²) in [5.41, 5.74) is 6.27. The summed E-state index contributed by atoms with van der Waals surface area (Å²) in [6.45, 7) is 4.40. The van der Waals surface area contributed by atoms with Gasteiger partial charge >= 0.3 is 0 Å². The fourth-order valence-electron chi connectivity index (χ4n) is 3.67. The van der Waals surface area contributed by atoms with Crippen molar-refractivity contribution in [3.8, 4) is 0 Å². The van der Waals surface area contributed by atoms with Crippen LogP contribution in [0.2, 0.25) is 0 Å². The molecule has 0 aliphatic heterocycles. The minimum absolute atomic E-state index is 0.712. The Morgan fingerprint density at radius 2 is 1.93 bits per heavy atom. The van der Waals surface area contributed by atoms with Gasteiger partial charge in [0.1, 0.15) is 0 Å². The van der Waals surface area contributed by atoms with E-state index in [1.807, 2.05) is 23.1 Å². The van der Waals surface area contributed by atoms with Crippen molar-refractivity contribution in [1.82, 2.24) is 25.4 Å². The Hall–Kier alpha value is -3.54. The van der Waals surface area contributed by atoms with Gasteiger partial charge in [0.15, 0.2) is 5.96 Å². The van der Waals surface area contributed by atoms with Crippen molar-refractivity contribution in [3.05, 3.63) is 89.4 Å². The lowest BCUT2D eigenvalue weighted by atomic mass is 10.1. The van der Waals surface area contributed by atoms with E-state index >= 15 is 0 Å². The zero-order valence-corrected chi connectivity index (χ0v) is 17.5. The smallest absolute Gasteiger partial charge is 0.191 e.